The molecule has 90 valence electrons. The van der Waals surface area contributed by atoms with Gasteiger partial charge in [0.1, 0.15) is 0 Å². The van der Waals surface area contributed by atoms with Crippen molar-refractivity contribution in [2.75, 3.05) is 10.7 Å². The van der Waals surface area contributed by atoms with E-state index in [1.54, 1.807) is 0 Å². The Bertz CT molecular complexity index is 340. The number of rotatable bonds is 5. The number of hydrogen-bond acceptors (Lipinski definition) is 0. The quantitative estimate of drug-likeness (QED) is 0.513. The van der Waals surface area contributed by atoms with Crippen LogP contribution in [-0.2, 0) is 6.42 Å². The molecule has 1 aromatic carbocycles. The Hall–Kier alpha value is 0.950. The number of halogens is 4. The van der Waals surface area contributed by atoms with Gasteiger partial charge in [-0.1, -0.05) is 72.4 Å². The van der Waals surface area contributed by atoms with E-state index in [4.69, 9.17) is 11.6 Å². The van der Waals surface area contributed by atoms with Crippen molar-refractivity contribution in [3.63, 3.8) is 0 Å². The largest absolute Gasteiger partial charge is 0.0922 e. The average Bonchev–Trinajstić information content (AvgIpc) is 2.29. The second-order valence-corrected chi connectivity index (χ2v) is 6.48. The highest BCUT2D eigenvalue weighted by Gasteiger charge is 2.26. The molecule has 0 nitrogen and oxygen atoms in total. The molecule has 0 fully saturated rings. The molecule has 0 aliphatic heterocycles. The fourth-order valence-corrected chi connectivity index (χ4v) is 4.37. The molecule has 0 saturated heterocycles. The third-order valence-corrected chi connectivity index (χ3v) is 6.12. The summed E-state index contributed by atoms with van der Waals surface area (Å²) >= 11 is 16.9. The first-order valence-electron chi connectivity index (χ1n) is 5.13. The smallest absolute Gasteiger partial charge is 0.0449 e. The lowest BCUT2D eigenvalue weighted by molar-refractivity contribution is 0.374. The van der Waals surface area contributed by atoms with Crippen molar-refractivity contribution in [3.05, 3.63) is 33.3 Å². The van der Waals surface area contributed by atoms with Crippen LogP contribution in [0.25, 0.3) is 0 Å². The van der Waals surface area contributed by atoms with E-state index in [0.29, 0.717) is 0 Å². The lowest BCUT2D eigenvalue weighted by Crippen LogP contribution is -2.26. The molecule has 0 radical (unpaired) electrons. The zero-order valence-electron chi connectivity index (χ0n) is 9.07. The summed E-state index contributed by atoms with van der Waals surface area (Å²) < 4.78 is 1.03. The van der Waals surface area contributed by atoms with E-state index in [0.717, 1.165) is 33.0 Å². The molecule has 0 spiro atoms. The summed E-state index contributed by atoms with van der Waals surface area (Å²) in [4.78, 5) is 0. The van der Waals surface area contributed by atoms with Crippen molar-refractivity contribution < 1.29 is 0 Å². The molecule has 1 aromatic rings. The van der Waals surface area contributed by atoms with E-state index in [-0.39, 0.29) is 5.41 Å². The molecule has 0 saturated carbocycles. The van der Waals surface area contributed by atoms with Crippen LogP contribution in [0, 0.1) is 5.41 Å². The van der Waals surface area contributed by atoms with E-state index in [2.05, 4.69) is 60.8 Å². The Morgan fingerprint density at radius 1 is 1.25 bits per heavy atom. The van der Waals surface area contributed by atoms with Gasteiger partial charge in [0, 0.05) is 20.2 Å². The average molecular weight is 433 g/mol. The second-order valence-electron chi connectivity index (χ2n) is 4.03. The molecule has 0 unspecified atom stereocenters. The van der Waals surface area contributed by atoms with Crippen LogP contribution in [-0.4, -0.2) is 10.7 Å². The van der Waals surface area contributed by atoms with Crippen LogP contribution in [0.5, 0.6) is 0 Å². The molecule has 0 N–H and O–H groups in total. The van der Waals surface area contributed by atoms with Gasteiger partial charge in [-0.3, -0.25) is 0 Å². The summed E-state index contributed by atoms with van der Waals surface area (Å²) in [6, 6.07) is 6.10. The van der Waals surface area contributed by atoms with Crippen LogP contribution in [0.15, 0.2) is 22.7 Å². The van der Waals surface area contributed by atoms with Gasteiger partial charge in [-0.15, -0.1) is 0 Å². The summed E-state index contributed by atoms with van der Waals surface area (Å²) in [6.07, 6.45) is 2.11. The Morgan fingerprint density at radius 2 is 1.88 bits per heavy atom. The van der Waals surface area contributed by atoms with Gasteiger partial charge in [0.2, 0.25) is 0 Å². The minimum atomic E-state index is 0.247. The summed E-state index contributed by atoms with van der Waals surface area (Å²) in [6.45, 7) is 2.22. The number of hydrogen-bond donors (Lipinski definition) is 0. The predicted molar refractivity (Wildman–Crippen MR) is 83.2 cm³/mol. The molecule has 16 heavy (non-hydrogen) atoms. The van der Waals surface area contributed by atoms with Gasteiger partial charge in [0.05, 0.1) is 0 Å². The Balaban J connectivity index is 2.93. The lowest BCUT2D eigenvalue weighted by atomic mass is 9.83. The van der Waals surface area contributed by atoms with Crippen LogP contribution in [0.1, 0.15) is 18.9 Å². The summed E-state index contributed by atoms with van der Waals surface area (Å²) in [7, 11) is 0. The maximum absolute atomic E-state index is 6.25. The molecule has 0 amide bonds. The lowest BCUT2D eigenvalue weighted by Gasteiger charge is -2.29. The molecule has 0 aliphatic rings. The zero-order chi connectivity index (χ0) is 12.2. The van der Waals surface area contributed by atoms with E-state index < -0.39 is 0 Å². The standard InChI is InChI=1S/C12H14Br3Cl/c1-2-12(7-13,8-14)6-9-3-4-10(15)5-11(9)16/h3-5H,2,6-8H2,1H3. The van der Waals surface area contributed by atoms with E-state index in [1.165, 1.54) is 5.56 Å². The maximum atomic E-state index is 6.25. The second kappa shape index (κ2) is 6.77. The number of benzene rings is 1. The van der Waals surface area contributed by atoms with E-state index in [9.17, 15) is 0 Å². The Kier molecular flexibility index (Phi) is 6.35. The van der Waals surface area contributed by atoms with Crippen LogP contribution in [0.3, 0.4) is 0 Å². The highest BCUT2D eigenvalue weighted by Crippen LogP contribution is 2.34. The fourth-order valence-electron chi connectivity index (χ4n) is 1.51. The third-order valence-electron chi connectivity index (χ3n) is 2.90. The minimum Gasteiger partial charge on any atom is -0.0922 e. The molecule has 0 bridgehead atoms. The van der Waals surface area contributed by atoms with Gasteiger partial charge >= 0.3 is 0 Å². The van der Waals surface area contributed by atoms with E-state index >= 15 is 0 Å². The van der Waals surface area contributed by atoms with Gasteiger partial charge in [-0.05, 0) is 36.0 Å². The van der Waals surface area contributed by atoms with Gasteiger partial charge in [-0.25, -0.2) is 0 Å². The first-order chi connectivity index (χ1) is 7.56. The molecule has 0 atom stereocenters. The molecule has 0 aromatic heterocycles. The van der Waals surface area contributed by atoms with Crippen molar-refractivity contribution in [1.29, 1.82) is 0 Å². The molecule has 1 rings (SSSR count). The normalized spacial score (nSPS) is 11.8. The van der Waals surface area contributed by atoms with Crippen LogP contribution in [0.2, 0.25) is 5.02 Å². The number of alkyl halides is 2. The van der Waals surface area contributed by atoms with Gasteiger partial charge in [-0.2, -0.15) is 0 Å². The molecule has 4 heteroatoms. The molecule has 0 heterocycles. The van der Waals surface area contributed by atoms with Gasteiger partial charge in [0.25, 0.3) is 0 Å². The highest BCUT2D eigenvalue weighted by atomic mass is 79.9. The third kappa shape index (κ3) is 3.72. The molecule has 0 aliphatic carbocycles. The van der Waals surface area contributed by atoms with Crippen LogP contribution >= 0.6 is 59.4 Å². The molecular formula is C12H14Br3Cl. The molecular weight excluding hydrogens is 419 g/mol. The SMILES string of the molecule is CCC(CBr)(CBr)Cc1ccc(Br)cc1Cl. The maximum Gasteiger partial charge on any atom is 0.0449 e. The zero-order valence-corrected chi connectivity index (χ0v) is 14.6. The van der Waals surface area contributed by atoms with Gasteiger partial charge in [0.15, 0.2) is 0 Å². The van der Waals surface area contributed by atoms with Crippen molar-refractivity contribution in [2.45, 2.75) is 19.8 Å². The Morgan fingerprint density at radius 3 is 2.31 bits per heavy atom. The van der Waals surface area contributed by atoms with Gasteiger partial charge < -0.3 is 0 Å². The fraction of sp³-hybridized carbons (Fsp3) is 0.500. The topological polar surface area (TPSA) is 0 Å². The van der Waals surface area contributed by atoms with E-state index in [1.807, 2.05) is 12.1 Å². The summed E-state index contributed by atoms with van der Waals surface area (Å²) in [5.41, 5.74) is 1.46. The summed E-state index contributed by atoms with van der Waals surface area (Å²) in [5.74, 6) is 0. The first-order valence-corrected chi connectivity index (χ1v) is 8.54. The first kappa shape index (κ1) is 15.0. The summed E-state index contributed by atoms with van der Waals surface area (Å²) in [5, 5.41) is 2.80. The van der Waals surface area contributed by atoms with Crippen LogP contribution in [0.4, 0.5) is 0 Å². The monoisotopic (exact) mass is 430 g/mol. The van der Waals surface area contributed by atoms with Crippen molar-refractivity contribution in [2.24, 2.45) is 5.41 Å². The highest BCUT2D eigenvalue weighted by molar-refractivity contribution is 9.10. The Labute approximate surface area is 128 Å². The van der Waals surface area contributed by atoms with Crippen LogP contribution < -0.4 is 0 Å². The minimum absolute atomic E-state index is 0.247. The predicted octanol–water partition coefficient (Wildman–Crippen LogP) is 5.83. The van der Waals surface area contributed by atoms with Crippen molar-refractivity contribution in [1.82, 2.24) is 0 Å². The van der Waals surface area contributed by atoms with Crippen molar-refractivity contribution >= 4 is 59.4 Å². The van der Waals surface area contributed by atoms with Crippen molar-refractivity contribution in [3.8, 4) is 0 Å².